The van der Waals surface area contributed by atoms with Gasteiger partial charge >= 0.3 is 71.4 Å². The fourth-order valence-corrected chi connectivity index (χ4v) is 3.74. The molecule has 168 valence electrons. The molecule has 0 heterocycles. The average Bonchev–Trinajstić information content (AvgIpc) is 2.33. The molecule has 0 aliphatic rings. The Kier molecular flexibility index (Phi) is 10.9. The van der Waals surface area contributed by atoms with Gasteiger partial charge in [-0.2, -0.15) is 60.0 Å². The first-order valence-electron chi connectivity index (χ1n) is 4.77. The molecule has 0 spiro atoms. The average molecular weight is 582 g/mol. The number of rotatable bonds is 6. The van der Waals surface area contributed by atoms with Gasteiger partial charge in [-0.25, -0.2) is 0 Å². The molecule has 0 radical (unpaired) electrons. The molecular weight excluding hydrogens is 582 g/mol. The van der Waals surface area contributed by atoms with Gasteiger partial charge in [0.2, 0.25) is 0 Å². The van der Waals surface area contributed by atoms with Crippen LogP contribution in [0.25, 0.3) is 0 Å². The van der Waals surface area contributed by atoms with Gasteiger partial charge in [-0.3, -0.25) is 7.42 Å². The van der Waals surface area contributed by atoms with Gasteiger partial charge in [0, 0.05) is 0 Å². The smallest absolute Gasteiger partial charge is 0.517 e. The molecule has 0 aromatic heterocycles. The van der Waals surface area contributed by atoms with Crippen LogP contribution in [0.1, 0.15) is 0 Å². The molecule has 2 amide bonds. The fourth-order valence-electron chi connectivity index (χ4n) is 0.610. The second kappa shape index (κ2) is 9.74. The summed E-state index contributed by atoms with van der Waals surface area (Å²) in [6.07, 6.45) is -0.398. The first-order chi connectivity index (χ1) is 11.9. The summed E-state index contributed by atoms with van der Waals surface area (Å²) in [5.41, 5.74) is -12.2. The van der Waals surface area contributed by atoms with E-state index < -0.39 is 59.3 Å². The van der Waals surface area contributed by atoms with Gasteiger partial charge < -0.3 is 9.59 Å². The van der Waals surface area contributed by atoms with Crippen LogP contribution in [0.3, 0.4) is 0 Å². The van der Waals surface area contributed by atoms with Crippen LogP contribution in [-0.2, 0) is 69.9 Å². The van der Waals surface area contributed by atoms with E-state index in [4.69, 9.17) is 0 Å². The molecule has 0 aliphatic heterocycles. The number of carbonyl (C=O) groups excluding carboxylic acids is 2. The third-order valence-electron chi connectivity index (χ3n) is 1.57. The van der Waals surface area contributed by atoms with Gasteiger partial charge in [0.15, 0.2) is 0 Å². The Bertz CT molecular complexity index is 929. The van der Waals surface area contributed by atoms with Crippen molar-refractivity contribution in [3.05, 3.63) is 0 Å². The molecule has 29 heavy (non-hydrogen) atoms. The summed E-state index contributed by atoms with van der Waals surface area (Å²) in [4.78, 5) is 19.1. The van der Waals surface area contributed by atoms with Crippen LogP contribution in [0, 0.1) is 0 Å². The van der Waals surface area contributed by atoms with Crippen molar-refractivity contribution in [1.82, 2.24) is 7.42 Å². The van der Waals surface area contributed by atoms with E-state index in [1.165, 1.54) is 0 Å². The van der Waals surface area contributed by atoms with E-state index in [1.54, 1.807) is 0 Å². The topological polar surface area (TPSA) is 177 Å². The van der Waals surface area contributed by atoms with E-state index in [2.05, 4.69) is 0 Å². The number of alkyl halides is 6. The maximum atomic E-state index is 11.8. The molecular formula is C4F8N2O10S4Zn. The molecule has 0 saturated heterocycles. The summed E-state index contributed by atoms with van der Waals surface area (Å²) in [6, 6.07) is 0. The predicted octanol–water partition coefficient (Wildman–Crippen LogP) is -1.16. The Morgan fingerprint density at radius 2 is 0.724 bits per heavy atom. The first-order valence-corrected chi connectivity index (χ1v) is 10.3. The van der Waals surface area contributed by atoms with E-state index in [9.17, 15) is 77.4 Å². The largest absolute Gasteiger partial charge is 2.00 e. The van der Waals surface area contributed by atoms with Crippen LogP contribution in [0.4, 0.5) is 34.1 Å². The Morgan fingerprint density at radius 1 is 0.552 bits per heavy atom. The summed E-state index contributed by atoms with van der Waals surface area (Å²) in [6.45, 7) is 0. The number of halogens is 8. The van der Waals surface area contributed by atoms with Crippen molar-refractivity contribution >= 4 is 53.7 Å². The number of nitrogens with zero attached hydrogens (tertiary/aromatic N) is 2. The molecule has 0 aromatic rings. The zero-order chi connectivity index (χ0) is 23.6. The molecule has 0 unspecified atom stereocenters. The van der Waals surface area contributed by atoms with Crippen molar-refractivity contribution in [2.75, 3.05) is 0 Å². The molecule has 0 atom stereocenters. The summed E-state index contributed by atoms with van der Waals surface area (Å²) in [7, 11) is -25.9. The van der Waals surface area contributed by atoms with Gasteiger partial charge in [0.25, 0.3) is 0 Å². The van der Waals surface area contributed by atoms with Gasteiger partial charge in [-0.1, -0.05) is 7.77 Å². The summed E-state index contributed by atoms with van der Waals surface area (Å²) in [5.74, 6) is 0. The minimum atomic E-state index is -6.60. The van der Waals surface area contributed by atoms with E-state index in [0.29, 0.717) is 0 Å². The Balaban J connectivity index is -0.000000451. The molecule has 25 heteroatoms. The van der Waals surface area contributed by atoms with Gasteiger partial charge in [-0.15, -0.1) is 12.8 Å². The minimum Gasteiger partial charge on any atom is -0.517 e. The third kappa shape index (κ3) is 8.21. The van der Waals surface area contributed by atoms with Crippen molar-refractivity contribution in [3.8, 4) is 0 Å². The van der Waals surface area contributed by atoms with Crippen molar-refractivity contribution in [1.29, 1.82) is 0 Å². The van der Waals surface area contributed by atoms with Crippen LogP contribution >= 0.6 is 0 Å². The third-order valence-corrected chi connectivity index (χ3v) is 6.95. The van der Waals surface area contributed by atoms with E-state index in [-0.39, 0.29) is 32.3 Å². The number of amides is 2. The van der Waals surface area contributed by atoms with E-state index in [0.717, 1.165) is 0 Å². The molecule has 12 nitrogen and oxygen atoms in total. The van der Waals surface area contributed by atoms with Gasteiger partial charge in [-0.05, 0) is 0 Å². The molecule has 0 rings (SSSR count). The Labute approximate surface area is 169 Å². The number of hydrogen-bond donors (Lipinski definition) is 0. The summed E-state index contributed by atoms with van der Waals surface area (Å²) >= 11 is 0. The monoisotopic (exact) mass is 580 g/mol. The fraction of sp³-hybridized carbons (Fsp3) is 0.500. The van der Waals surface area contributed by atoms with Crippen molar-refractivity contribution in [2.24, 2.45) is 0 Å². The maximum Gasteiger partial charge on any atom is 2.00 e. The standard InChI is InChI=1S/2C2F4NO5S2.Zn/c2*3-2(4,5)13(9,10)7(1-8)14(6,11)12;/q2*-1;+2. The Morgan fingerprint density at radius 3 is 0.759 bits per heavy atom. The van der Waals surface area contributed by atoms with Crippen LogP contribution in [0.2, 0.25) is 0 Å². The molecule has 0 aromatic carbocycles. The Hall–Kier alpha value is -1.20. The van der Waals surface area contributed by atoms with Gasteiger partial charge in [0.1, 0.15) is 0 Å². The maximum absolute atomic E-state index is 11.8. The van der Waals surface area contributed by atoms with Crippen LogP contribution in [0.15, 0.2) is 0 Å². The van der Waals surface area contributed by atoms with Crippen molar-refractivity contribution in [2.45, 2.75) is 11.0 Å². The first kappa shape index (κ1) is 32.5. The minimum absolute atomic E-state index is 0. The predicted molar refractivity (Wildman–Crippen MR) is 65.1 cm³/mol. The molecule has 0 aliphatic carbocycles. The van der Waals surface area contributed by atoms with Crippen LogP contribution in [-0.4, -0.2) is 64.9 Å². The molecule has 0 fully saturated rings. The zero-order valence-corrected chi connectivity index (χ0v) is 18.6. The quantitative estimate of drug-likeness (QED) is 0.122. The number of sulfonamides is 2. The molecule has 0 saturated carbocycles. The van der Waals surface area contributed by atoms with Crippen LogP contribution in [0.5, 0.6) is 0 Å². The molecule has 0 bridgehead atoms. The zero-order valence-electron chi connectivity index (χ0n) is 12.3. The van der Waals surface area contributed by atoms with Crippen molar-refractivity contribution in [3.63, 3.8) is 0 Å². The second-order valence-electron chi connectivity index (χ2n) is 3.36. The normalized spacial score (nSPS) is 13.2. The van der Waals surface area contributed by atoms with Crippen LogP contribution < -0.4 is 0 Å². The van der Waals surface area contributed by atoms with E-state index >= 15 is 0 Å². The summed E-state index contributed by atoms with van der Waals surface area (Å²) in [5, 5.41) is 0. The second-order valence-corrected chi connectivity index (χ2v) is 9.76. The van der Waals surface area contributed by atoms with Gasteiger partial charge in [0.05, 0.1) is 0 Å². The van der Waals surface area contributed by atoms with Crippen molar-refractivity contribution < 1.29 is 96.9 Å². The SMILES string of the molecule is O=[C-]N(S(=O)(=O)F)S(=O)(=O)C(F)(F)F.O=[C-]N(S(=O)(=O)F)S(=O)(=O)C(F)(F)F.[Zn+2]. The summed E-state index contributed by atoms with van der Waals surface area (Å²) < 4.78 is 169. The molecule has 0 N–H and O–H groups in total. The number of hydrogen-bond acceptors (Lipinski definition) is 10. The van der Waals surface area contributed by atoms with E-state index in [1.807, 2.05) is 0 Å².